The second-order valence-corrected chi connectivity index (χ2v) is 11.8. The highest BCUT2D eigenvalue weighted by Gasteiger charge is 2.35. The largest absolute Gasteiger partial charge is 0.469 e. The van der Waals surface area contributed by atoms with Gasteiger partial charge in [-0.05, 0) is 49.3 Å². The summed E-state index contributed by atoms with van der Waals surface area (Å²) in [5, 5.41) is 10.1. The summed E-state index contributed by atoms with van der Waals surface area (Å²) in [6.07, 6.45) is 2.41. The molecular formula is C29H43BN6O8S. The van der Waals surface area contributed by atoms with Crippen LogP contribution in [-0.4, -0.2) is 84.6 Å². The number of carbonyl (C=O) groups is 7. The minimum atomic E-state index is -0.987. The molecule has 14 nitrogen and oxygen atoms in total. The summed E-state index contributed by atoms with van der Waals surface area (Å²) in [6.45, 7) is 4.11. The van der Waals surface area contributed by atoms with Gasteiger partial charge < -0.3 is 31.7 Å². The summed E-state index contributed by atoms with van der Waals surface area (Å²) in [5.74, 6) is -2.61. The highest BCUT2D eigenvalue weighted by molar-refractivity contribution is 7.81. The van der Waals surface area contributed by atoms with Crippen molar-refractivity contribution in [2.75, 3.05) is 18.4 Å². The van der Waals surface area contributed by atoms with Crippen LogP contribution in [0.4, 0.5) is 15.3 Å². The van der Waals surface area contributed by atoms with Crippen molar-refractivity contribution >= 4 is 67.6 Å². The summed E-state index contributed by atoms with van der Waals surface area (Å²) in [6, 6.07) is 4.05. The molecule has 0 aromatic heterocycles. The first-order valence-electron chi connectivity index (χ1n) is 15.0. The lowest BCUT2D eigenvalue weighted by Gasteiger charge is -2.25. The van der Waals surface area contributed by atoms with Crippen molar-refractivity contribution < 1.29 is 38.3 Å². The van der Waals surface area contributed by atoms with Crippen LogP contribution in [0.25, 0.3) is 0 Å². The lowest BCUT2D eigenvalue weighted by molar-refractivity contribution is -0.138. The molecule has 1 heterocycles. The highest BCUT2D eigenvalue weighted by Crippen LogP contribution is 2.19. The number of urea groups is 1. The van der Waals surface area contributed by atoms with Gasteiger partial charge in [-0.15, -0.1) is 0 Å². The van der Waals surface area contributed by atoms with E-state index in [2.05, 4.69) is 33.9 Å². The van der Waals surface area contributed by atoms with Crippen LogP contribution in [-0.2, 0) is 35.3 Å². The van der Waals surface area contributed by atoms with Crippen LogP contribution in [0.1, 0.15) is 64.4 Å². The van der Waals surface area contributed by atoms with Crippen LogP contribution < -0.4 is 27.0 Å². The Balaban J connectivity index is 1.93. The van der Waals surface area contributed by atoms with E-state index in [1.807, 2.05) is 0 Å². The van der Waals surface area contributed by atoms with Crippen molar-refractivity contribution in [2.24, 2.45) is 11.7 Å². The number of benzene rings is 1. The smallest absolute Gasteiger partial charge is 0.312 e. The van der Waals surface area contributed by atoms with Crippen LogP contribution in [0.5, 0.6) is 0 Å². The Bertz CT molecular complexity index is 1230. The van der Waals surface area contributed by atoms with E-state index in [0.29, 0.717) is 31.4 Å². The van der Waals surface area contributed by atoms with E-state index < -0.39 is 41.0 Å². The molecule has 1 saturated heterocycles. The molecule has 45 heavy (non-hydrogen) atoms. The van der Waals surface area contributed by atoms with E-state index in [4.69, 9.17) is 10.5 Å². The molecule has 1 aliphatic heterocycles. The first-order valence-corrected chi connectivity index (χ1v) is 15.5. The third-order valence-electron chi connectivity index (χ3n) is 7.04. The van der Waals surface area contributed by atoms with E-state index in [-0.39, 0.29) is 62.6 Å². The second-order valence-electron chi connectivity index (χ2n) is 11.2. The van der Waals surface area contributed by atoms with Crippen LogP contribution in [0.2, 0.25) is 0 Å². The fraction of sp³-hybridized carbons (Fsp3) is 0.552. The number of rotatable bonds is 18. The number of nitrogens with two attached hydrogens (primary N) is 1. The number of carbonyl (C=O) groups excluding carboxylic acids is 7. The molecule has 1 unspecified atom stereocenters. The van der Waals surface area contributed by atoms with E-state index in [0.717, 1.165) is 5.56 Å². The van der Waals surface area contributed by atoms with Gasteiger partial charge in [0.05, 0.1) is 5.25 Å². The van der Waals surface area contributed by atoms with Crippen molar-refractivity contribution in [1.29, 1.82) is 0 Å². The Labute approximate surface area is 269 Å². The fourth-order valence-electron chi connectivity index (χ4n) is 4.56. The number of amides is 7. The molecule has 16 heteroatoms. The Morgan fingerprint density at radius 2 is 1.71 bits per heavy atom. The standard InChI is InChI=1S/C29H43BN6O8S/c1-17(2)24(35-22(37)8-4-3-5-14-36-23(38)15-21(45)27(36)41)26(40)34-20(7-6-13-32-29(31)43)25(39)33-19-11-9-18(10-12-19)16-44-28(30)42/h9-12,17,20-21,24,45H,3-8,13-16,30H2,1-2H3,(H,33,39)(H,34,40)(H,35,37)(H3,31,32,43)/t20-,21?,24-/m0/s1. The van der Waals surface area contributed by atoms with Crippen molar-refractivity contribution in [1.82, 2.24) is 20.9 Å². The molecule has 0 radical (unpaired) electrons. The lowest BCUT2D eigenvalue weighted by Crippen LogP contribution is -2.54. The van der Waals surface area contributed by atoms with Gasteiger partial charge >= 0.3 is 6.03 Å². The summed E-state index contributed by atoms with van der Waals surface area (Å²) < 4.78 is 4.96. The molecule has 0 saturated carbocycles. The van der Waals surface area contributed by atoms with Crippen LogP contribution in [0, 0.1) is 5.92 Å². The van der Waals surface area contributed by atoms with E-state index in [1.165, 1.54) is 12.7 Å². The maximum absolute atomic E-state index is 13.3. The number of nitrogens with zero attached hydrogens (tertiary/aromatic N) is 1. The van der Waals surface area contributed by atoms with Gasteiger partial charge in [0.2, 0.25) is 43.3 Å². The first-order chi connectivity index (χ1) is 21.3. The second kappa shape index (κ2) is 18.7. The topological polar surface area (TPSA) is 206 Å². The van der Waals surface area contributed by atoms with Crippen molar-refractivity contribution in [3.8, 4) is 0 Å². The van der Waals surface area contributed by atoms with Crippen LogP contribution in [0.3, 0.4) is 0 Å². The van der Waals surface area contributed by atoms with Crippen molar-refractivity contribution in [2.45, 2.75) is 82.7 Å². The van der Waals surface area contributed by atoms with Crippen LogP contribution in [0.15, 0.2) is 24.3 Å². The summed E-state index contributed by atoms with van der Waals surface area (Å²) in [7, 11) is 1.31. The normalized spacial score (nSPS) is 15.7. The zero-order valence-corrected chi connectivity index (χ0v) is 26.8. The van der Waals surface area contributed by atoms with Crippen molar-refractivity contribution in [3.05, 3.63) is 29.8 Å². The molecule has 0 aliphatic carbocycles. The average molecular weight is 647 g/mol. The van der Waals surface area contributed by atoms with Gasteiger partial charge in [-0.1, -0.05) is 32.4 Å². The molecule has 0 bridgehead atoms. The molecule has 3 atom stereocenters. The lowest BCUT2D eigenvalue weighted by atomic mass is 10.0. The van der Waals surface area contributed by atoms with Gasteiger partial charge in [0, 0.05) is 31.6 Å². The minimum Gasteiger partial charge on any atom is -0.469 e. The summed E-state index contributed by atoms with van der Waals surface area (Å²) in [4.78, 5) is 86.3. The average Bonchev–Trinajstić information content (AvgIpc) is 3.21. The SMILES string of the molecule is BC(=O)OCc1ccc(NC(=O)[C@H](CCCNC(N)=O)NC(=O)[C@@H](NC(=O)CCCCCN2C(=O)CC(S)C2=O)C(C)C)cc1. The van der Waals surface area contributed by atoms with Gasteiger partial charge in [0.1, 0.15) is 18.7 Å². The molecule has 1 aromatic rings. The fourth-order valence-corrected chi connectivity index (χ4v) is 4.86. The molecular weight excluding hydrogens is 603 g/mol. The summed E-state index contributed by atoms with van der Waals surface area (Å²) in [5.41, 5.74) is 6.30. The Morgan fingerprint density at radius 1 is 1.02 bits per heavy atom. The number of likely N-dealkylation sites (tertiary alicyclic amines) is 1. The van der Waals surface area contributed by atoms with Gasteiger partial charge in [0.25, 0.3) is 0 Å². The molecule has 2 rings (SSSR count). The number of thiol groups is 1. The van der Waals surface area contributed by atoms with Gasteiger partial charge in [0.15, 0.2) is 0 Å². The van der Waals surface area contributed by atoms with Gasteiger partial charge in [-0.3, -0.25) is 33.7 Å². The predicted octanol–water partition coefficient (Wildman–Crippen LogP) is 0.587. The third kappa shape index (κ3) is 13.2. The maximum atomic E-state index is 13.3. The zero-order chi connectivity index (χ0) is 33.5. The Morgan fingerprint density at radius 3 is 2.29 bits per heavy atom. The molecule has 1 aliphatic rings. The molecule has 0 spiro atoms. The van der Waals surface area contributed by atoms with E-state index >= 15 is 0 Å². The van der Waals surface area contributed by atoms with Crippen LogP contribution >= 0.6 is 12.6 Å². The number of nitrogens with one attached hydrogen (secondary N) is 4. The molecule has 1 aromatic carbocycles. The predicted molar refractivity (Wildman–Crippen MR) is 172 cm³/mol. The van der Waals surface area contributed by atoms with E-state index in [1.54, 1.807) is 38.1 Å². The van der Waals surface area contributed by atoms with E-state index in [9.17, 15) is 33.6 Å². The monoisotopic (exact) mass is 646 g/mol. The molecule has 246 valence electrons. The number of hydrogen-bond acceptors (Lipinski definition) is 9. The van der Waals surface area contributed by atoms with Gasteiger partial charge in [-0.25, -0.2) is 4.79 Å². The number of unbranched alkanes of at least 4 members (excludes halogenated alkanes) is 2. The third-order valence-corrected chi connectivity index (χ3v) is 7.44. The Kier molecular flexibility index (Phi) is 15.4. The number of hydrogen-bond donors (Lipinski definition) is 6. The quantitative estimate of drug-likeness (QED) is 0.0575. The summed E-state index contributed by atoms with van der Waals surface area (Å²) >= 11 is 4.11. The zero-order valence-electron chi connectivity index (χ0n) is 25.9. The highest BCUT2D eigenvalue weighted by atomic mass is 32.1. The molecule has 7 amide bonds. The maximum Gasteiger partial charge on any atom is 0.312 e. The molecule has 6 N–H and O–H groups in total. The van der Waals surface area contributed by atoms with Gasteiger partial charge in [-0.2, -0.15) is 12.6 Å². The first kappa shape index (κ1) is 37.1. The number of primary amides is 1. The number of anilines is 1. The van der Waals surface area contributed by atoms with Crippen molar-refractivity contribution in [3.63, 3.8) is 0 Å². The number of imide groups is 1. The Hall–Kier alpha value is -4.08. The number of ether oxygens (including phenoxy) is 1. The molecule has 1 fully saturated rings. The minimum absolute atomic E-state index is 0.0921.